The Kier molecular flexibility index (Phi) is 7.37. The van der Waals surface area contributed by atoms with E-state index in [-0.39, 0.29) is 29.1 Å². The molecule has 0 saturated heterocycles. The lowest BCUT2D eigenvalue weighted by molar-refractivity contribution is -0.174. The number of carbonyl (C=O) groups excluding carboxylic acids is 1. The molecule has 0 bridgehead atoms. The number of benzene rings is 1. The maximum absolute atomic E-state index is 13.8. The van der Waals surface area contributed by atoms with Crippen molar-refractivity contribution in [2.45, 2.75) is 18.9 Å². The second-order valence-electron chi connectivity index (χ2n) is 3.64. The molecule has 0 saturated carbocycles. The van der Waals surface area contributed by atoms with Crippen LogP contribution in [0.1, 0.15) is 18.5 Å². The molecule has 0 aliphatic heterocycles. The number of alkyl halides is 2. The molecule has 0 aliphatic carbocycles. The van der Waals surface area contributed by atoms with Crippen molar-refractivity contribution in [3.63, 3.8) is 0 Å². The van der Waals surface area contributed by atoms with Crippen LogP contribution < -0.4 is 5.73 Å². The van der Waals surface area contributed by atoms with Crippen molar-refractivity contribution in [3.05, 3.63) is 26.6 Å². The standard InChI is InChI=1S/C11H11Br2F2NO3.ClH/c1-2-19-10(18)11(14,15)9(16)8-6(13)3-5(12)4-7(8)17;/h3-4,9,17H,2,16H2,1H3;1H/t9-;/m1./s1. The number of hydrogen-bond acceptors (Lipinski definition) is 4. The zero-order chi connectivity index (χ0) is 14.8. The van der Waals surface area contributed by atoms with Crippen LogP contribution in [0.25, 0.3) is 0 Å². The third kappa shape index (κ3) is 4.03. The van der Waals surface area contributed by atoms with Gasteiger partial charge in [0.05, 0.1) is 6.61 Å². The summed E-state index contributed by atoms with van der Waals surface area (Å²) in [6, 6.07) is 0.631. The summed E-state index contributed by atoms with van der Waals surface area (Å²) in [4.78, 5) is 11.2. The fourth-order valence-electron chi connectivity index (χ4n) is 1.41. The highest BCUT2D eigenvalue weighted by Gasteiger charge is 2.49. The second kappa shape index (κ2) is 7.53. The van der Waals surface area contributed by atoms with Gasteiger partial charge in [-0.15, -0.1) is 12.4 Å². The van der Waals surface area contributed by atoms with Gasteiger partial charge >= 0.3 is 11.9 Å². The molecule has 0 spiro atoms. The summed E-state index contributed by atoms with van der Waals surface area (Å²) in [5, 5.41) is 9.69. The molecule has 0 aliphatic rings. The lowest BCUT2D eigenvalue weighted by atomic mass is 10.0. The lowest BCUT2D eigenvalue weighted by Crippen LogP contribution is -2.42. The van der Waals surface area contributed by atoms with E-state index in [1.807, 2.05) is 0 Å². The first-order valence-corrected chi connectivity index (χ1v) is 6.78. The summed E-state index contributed by atoms with van der Waals surface area (Å²) in [5.41, 5.74) is 5.14. The number of ether oxygens (including phenoxy) is 1. The molecule has 0 aromatic heterocycles. The van der Waals surface area contributed by atoms with Gasteiger partial charge in [0.25, 0.3) is 0 Å². The lowest BCUT2D eigenvalue weighted by Gasteiger charge is -2.23. The van der Waals surface area contributed by atoms with Crippen LogP contribution in [0.15, 0.2) is 21.1 Å². The van der Waals surface area contributed by atoms with E-state index in [0.29, 0.717) is 4.47 Å². The summed E-state index contributed by atoms with van der Waals surface area (Å²) in [5.74, 6) is -6.11. The van der Waals surface area contributed by atoms with Crippen molar-refractivity contribution in [2.24, 2.45) is 5.73 Å². The number of carbonyl (C=O) groups is 1. The topological polar surface area (TPSA) is 72.5 Å². The molecular formula is C11H12Br2ClF2NO3. The van der Waals surface area contributed by atoms with E-state index in [0.717, 1.165) is 0 Å². The molecule has 1 aromatic carbocycles. The first kappa shape index (κ1) is 19.6. The molecule has 0 radical (unpaired) electrons. The Morgan fingerprint density at radius 3 is 2.50 bits per heavy atom. The van der Waals surface area contributed by atoms with Crippen LogP contribution in [-0.2, 0) is 9.53 Å². The summed E-state index contributed by atoms with van der Waals surface area (Å²) < 4.78 is 32.5. The number of rotatable bonds is 4. The van der Waals surface area contributed by atoms with Gasteiger partial charge in [-0.3, -0.25) is 0 Å². The molecule has 0 unspecified atom stereocenters. The van der Waals surface area contributed by atoms with Crippen LogP contribution in [0.5, 0.6) is 5.75 Å². The van der Waals surface area contributed by atoms with Crippen molar-refractivity contribution >= 4 is 50.2 Å². The summed E-state index contributed by atoms with van der Waals surface area (Å²) in [6.07, 6.45) is 0. The molecule has 20 heavy (non-hydrogen) atoms. The number of halogens is 5. The van der Waals surface area contributed by atoms with E-state index < -0.39 is 23.7 Å². The minimum absolute atomic E-state index is 0. The van der Waals surface area contributed by atoms with Gasteiger partial charge in [-0.05, 0) is 19.1 Å². The Hall–Kier alpha value is -0.440. The van der Waals surface area contributed by atoms with Gasteiger partial charge in [0, 0.05) is 14.5 Å². The SMILES string of the molecule is CCOC(=O)C(F)(F)[C@H](N)c1c(O)cc(Br)cc1Br.Cl. The van der Waals surface area contributed by atoms with Crippen LogP contribution in [-0.4, -0.2) is 23.6 Å². The predicted molar refractivity (Wildman–Crippen MR) is 79.3 cm³/mol. The van der Waals surface area contributed by atoms with Crippen molar-refractivity contribution in [3.8, 4) is 5.75 Å². The van der Waals surface area contributed by atoms with E-state index in [2.05, 4.69) is 36.6 Å². The Bertz CT molecular complexity index is 480. The van der Waals surface area contributed by atoms with Crippen molar-refractivity contribution in [1.82, 2.24) is 0 Å². The van der Waals surface area contributed by atoms with E-state index in [4.69, 9.17) is 5.73 Å². The molecule has 0 fully saturated rings. The number of nitrogens with two attached hydrogens (primary N) is 1. The van der Waals surface area contributed by atoms with Crippen LogP contribution in [0.3, 0.4) is 0 Å². The highest BCUT2D eigenvalue weighted by Crippen LogP contribution is 2.40. The fraction of sp³-hybridized carbons (Fsp3) is 0.364. The van der Waals surface area contributed by atoms with Gasteiger partial charge in [0.2, 0.25) is 0 Å². The van der Waals surface area contributed by atoms with Gasteiger partial charge in [-0.2, -0.15) is 8.78 Å². The monoisotopic (exact) mass is 437 g/mol. The third-order valence-electron chi connectivity index (χ3n) is 2.32. The Morgan fingerprint density at radius 2 is 2.05 bits per heavy atom. The van der Waals surface area contributed by atoms with Gasteiger partial charge in [0.15, 0.2) is 0 Å². The summed E-state index contributed by atoms with van der Waals surface area (Å²) in [7, 11) is 0. The molecule has 4 nitrogen and oxygen atoms in total. The highest BCUT2D eigenvalue weighted by molar-refractivity contribution is 9.11. The van der Waals surface area contributed by atoms with Crippen molar-refractivity contribution in [1.29, 1.82) is 0 Å². The molecule has 0 amide bonds. The Morgan fingerprint density at radius 1 is 1.50 bits per heavy atom. The first-order chi connectivity index (χ1) is 8.71. The van der Waals surface area contributed by atoms with Crippen LogP contribution in [0.4, 0.5) is 8.78 Å². The van der Waals surface area contributed by atoms with Crippen molar-refractivity contribution < 1.29 is 23.4 Å². The smallest absolute Gasteiger partial charge is 0.379 e. The largest absolute Gasteiger partial charge is 0.508 e. The van der Waals surface area contributed by atoms with Gasteiger partial charge in [-0.25, -0.2) is 4.79 Å². The van der Waals surface area contributed by atoms with Crippen LogP contribution >= 0.6 is 44.3 Å². The molecule has 3 N–H and O–H groups in total. The number of esters is 1. The highest BCUT2D eigenvalue weighted by atomic mass is 79.9. The second-order valence-corrected chi connectivity index (χ2v) is 5.41. The quantitative estimate of drug-likeness (QED) is 0.704. The number of hydrogen-bond donors (Lipinski definition) is 2. The molecule has 1 aromatic rings. The Labute approximate surface area is 137 Å². The average Bonchev–Trinajstić information content (AvgIpc) is 2.27. The van der Waals surface area contributed by atoms with Gasteiger partial charge < -0.3 is 15.6 Å². The van der Waals surface area contributed by atoms with Gasteiger partial charge in [-0.1, -0.05) is 31.9 Å². The fourth-order valence-corrected chi connectivity index (χ4v) is 2.86. The average molecular weight is 439 g/mol. The normalized spacial score (nSPS) is 12.5. The van der Waals surface area contributed by atoms with E-state index >= 15 is 0 Å². The third-order valence-corrected chi connectivity index (χ3v) is 3.44. The predicted octanol–water partition coefficient (Wildman–Crippen LogP) is 3.54. The first-order valence-electron chi connectivity index (χ1n) is 5.20. The van der Waals surface area contributed by atoms with Gasteiger partial charge in [0.1, 0.15) is 11.8 Å². The molecule has 9 heteroatoms. The zero-order valence-corrected chi connectivity index (χ0v) is 14.2. The minimum Gasteiger partial charge on any atom is -0.508 e. The van der Waals surface area contributed by atoms with Crippen molar-refractivity contribution in [2.75, 3.05) is 6.61 Å². The maximum atomic E-state index is 13.8. The molecular weight excluding hydrogens is 427 g/mol. The summed E-state index contributed by atoms with van der Waals surface area (Å²) >= 11 is 6.11. The minimum atomic E-state index is -3.94. The number of aromatic hydroxyl groups is 1. The van der Waals surface area contributed by atoms with E-state index in [1.54, 1.807) is 0 Å². The van der Waals surface area contributed by atoms with E-state index in [9.17, 15) is 18.7 Å². The number of phenols is 1. The van der Waals surface area contributed by atoms with Crippen LogP contribution in [0, 0.1) is 0 Å². The number of phenolic OH excluding ortho intramolecular Hbond substituents is 1. The molecule has 1 rings (SSSR count). The van der Waals surface area contributed by atoms with E-state index in [1.165, 1.54) is 19.1 Å². The van der Waals surface area contributed by atoms with Crippen LogP contribution in [0.2, 0.25) is 0 Å². The summed E-state index contributed by atoms with van der Waals surface area (Å²) in [6.45, 7) is 1.22. The maximum Gasteiger partial charge on any atom is 0.379 e. The molecule has 114 valence electrons. The molecule has 0 heterocycles. The Balaban J connectivity index is 0.00000361. The zero-order valence-electron chi connectivity index (χ0n) is 10.2. The molecule has 1 atom stereocenters.